The van der Waals surface area contributed by atoms with Crippen LogP contribution in [0.5, 0.6) is 0 Å². The third-order valence-electron chi connectivity index (χ3n) is 2.43. The average molecular weight is 228 g/mol. The number of halogens is 1. The molecule has 2 rings (SSSR count). The SMILES string of the molecule is Clc1ccc(CSCC2CCN2)cc1. The lowest BCUT2D eigenvalue weighted by Gasteiger charge is -2.27. The molecule has 0 radical (unpaired) electrons. The largest absolute Gasteiger partial charge is 0.313 e. The van der Waals surface area contributed by atoms with Gasteiger partial charge in [-0.1, -0.05) is 23.7 Å². The summed E-state index contributed by atoms with van der Waals surface area (Å²) in [7, 11) is 0. The summed E-state index contributed by atoms with van der Waals surface area (Å²) in [6, 6.07) is 8.87. The molecule has 76 valence electrons. The predicted octanol–water partition coefficient (Wildman–Crippen LogP) is 2.94. The maximum atomic E-state index is 5.81. The van der Waals surface area contributed by atoms with Crippen molar-refractivity contribution in [1.29, 1.82) is 0 Å². The number of nitrogens with one attached hydrogen (secondary N) is 1. The quantitative estimate of drug-likeness (QED) is 0.849. The second-order valence-corrected chi connectivity index (χ2v) is 5.05. The summed E-state index contributed by atoms with van der Waals surface area (Å²) in [5, 5.41) is 4.22. The molecule has 3 heteroatoms. The number of thioether (sulfide) groups is 1. The Hall–Kier alpha value is -0.180. The minimum atomic E-state index is 0.757. The molecule has 0 aliphatic carbocycles. The van der Waals surface area contributed by atoms with Gasteiger partial charge in [0, 0.05) is 22.6 Å². The van der Waals surface area contributed by atoms with Crippen LogP contribution in [0.4, 0.5) is 0 Å². The summed E-state index contributed by atoms with van der Waals surface area (Å²) >= 11 is 7.80. The van der Waals surface area contributed by atoms with Gasteiger partial charge in [0.15, 0.2) is 0 Å². The maximum absolute atomic E-state index is 5.81. The van der Waals surface area contributed by atoms with Crippen molar-refractivity contribution in [3.8, 4) is 0 Å². The first-order valence-corrected chi connectivity index (χ1v) is 6.43. The zero-order valence-corrected chi connectivity index (χ0v) is 9.57. The summed E-state index contributed by atoms with van der Waals surface area (Å²) in [4.78, 5) is 0. The topological polar surface area (TPSA) is 12.0 Å². The fraction of sp³-hybridized carbons (Fsp3) is 0.455. The Morgan fingerprint density at radius 3 is 2.64 bits per heavy atom. The van der Waals surface area contributed by atoms with Gasteiger partial charge in [0.25, 0.3) is 0 Å². The van der Waals surface area contributed by atoms with Crippen LogP contribution in [-0.4, -0.2) is 18.3 Å². The van der Waals surface area contributed by atoms with Crippen LogP contribution in [0.25, 0.3) is 0 Å². The van der Waals surface area contributed by atoms with E-state index in [2.05, 4.69) is 17.4 Å². The van der Waals surface area contributed by atoms with Gasteiger partial charge in [-0.15, -0.1) is 0 Å². The van der Waals surface area contributed by atoms with Gasteiger partial charge in [0.1, 0.15) is 0 Å². The molecule has 1 fully saturated rings. The molecule has 0 amide bonds. The van der Waals surface area contributed by atoms with Crippen molar-refractivity contribution < 1.29 is 0 Å². The van der Waals surface area contributed by atoms with E-state index in [9.17, 15) is 0 Å². The lowest BCUT2D eigenvalue weighted by molar-refractivity contribution is 0.405. The van der Waals surface area contributed by atoms with Crippen molar-refractivity contribution in [2.75, 3.05) is 12.3 Å². The highest BCUT2D eigenvalue weighted by molar-refractivity contribution is 7.98. The Balaban J connectivity index is 1.71. The lowest BCUT2D eigenvalue weighted by Crippen LogP contribution is -2.44. The molecule has 1 aliphatic heterocycles. The standard InChI is InChI=1S/C11H14ClNS/c12-10-3-1-9(2-4-10)7-14-8-11-5-6-13-11/h1-4,11,13H,5-8H2. The molecule has 1 heterocycles. The third kappa shape index (κ3) is 2.91. The Morgan fingerprint density at radius 2 is 2.07 bits per heavy atom. The van der Waals surface area contributed by atoms with E-state index >= 15 is 0 Å². The molecule has 1 aliphatic rings. The van der Waals surface area contributed by atoms with Crippen molar-refractivity contribution >= 4 is 23.4 Å². The van der Waals surface area contributed by atoms with E-state index in [4.69, 9.17) is 11.6 Å². The fourth-order valence-electron chi connectivity index (χ4n) is 1.39. The molecule has 1 aromatic carbocycles. The molecule has 0 aromatic heterocycles. The van der Waals surface area contributed by atoms with Crippen LogP contribution >= 0.6 is 23.4 Å². The summed E-state index contributed by atoms with van der Waals surface area (Å²) in [6.45, 7) is 1.20. The van der Waals surface area contributed by atoms with Crippen LogP contribution in [0.3, 0.4) is 0 Å². The van der Waals surface area contributed by atoms with Crippen molar-refractivity contribution in [2.24, 2.45) is 0 Å². The first-order valence-electron chi connectivity index (χ1n) is 4.90. The van der Waals surface area contributed by atoms with Gasteiger partial charge in [0.05, 0.1) is 0 Å². The third-order valence-corrected chi connectivity index (χ3v) is 3.85. The highest BCUT2D eigenvalue weighted by Crippen LogP contribution is 2.18. The Morgan fingerprint density at radius 1 is 1.36 bits per heavy atom. The van der Waals surface area contributed by atoms with E-state index in [0.717, 1.165) is 16.8 Å². The van der Waals surface area contributed by atoms with Crippen LogP contribution in [0.1, 0.15) is 12.0 Å². The first-order chi connectivity index (χ1) is 6.84. The number of benzene rings is 1. The summed E-state index contributed by atoms with van der Waals surface area (Å²) in [6.07, 6.45) is 1.34. The van der Waals surface area contributed by atoms with Gasteiger partial charge in [-0.05, 0) is 30.7 Å². The van der Waals surface area contributed by atoms with Gasteiger partial charge in [-0.25, -0.2) is 0 Å². The smallest absolute Gasteiger partial charge is 0.0406 e. The molecule has 1 unspecified atom stereocenters. The van der Waals surface area contributed by atoms with Gasteiger partial charge in [-0.3, -0.25) is 0 Å². The van der Waals surface area contributed by atoms with E-state index in [1.165, 1.54) is 24.3 Å². The molecule has 0 spiro atoms. The molecule has 0 saturated carbocycles. The number of rotatable bonds is 4. The monoisotopic (exact) mass is 227 g/mol. The van der Waals surface area contributed by atoms with E-state index in [-0.39, 0.29) is 0 Å². The molecule has 1 N–H and O–H groups in total. The van der Waals surface area contributed by atoms with Crippen molar-refractivity contribution in [1.82, 2.24) is 5.32 Å². The predicted molar refractivity (Wildman–Crippen MR) is 64.0 cm³/mol. The highest BCUT2D eigenvalue weighted by atomic mass is 35.5. The maximum Gasteiger partial charge on any atom is 0.0406 e. The molecular formula is C11H14ClNS. The van der Waals surface area contributed by atoms with Crippen molar-refractivity contribution in [3.05, 3.63) is 34.9 Å². The summed E-state index contributed by atoms with van der Waals surface area (Å²) < 4.78 is 0. The number of hydrogen-bond acceptors (Lipinski definition) is 2. The molecule has 1 atom stereocenters. The minimum absolute atomic E-state index is 0.757. The lowest BCUT2D eigenvalue weighted by atomic mass is 10.1. The second kappa shape index (κ2) is 5.06. The zero-order chi connectivity index (χ0) is 9.80. The first kappa shape index (κ1) is 10.3. The van der Waals surface area contributed by atoms with E-state index < -0.39 is 0 Å². The van der Waals surface area contributed by atoms with Crippen molar-refractivity contribution in [3.63, 3.8) is 0 Å². The second-order valence-electron chi connectivity index (χ2n) is 3.58. The average Bonchev–Trinajstić information content (AvgIpc) is 2.12. The summed E-state index contributed by atoms with van der Waals surface area (Å²) in [5.41, 5.74) is 1.36. The molecule has 14 heavy (non-hydrogen) atoms. The van der Waals surface area contributed by atoms with E-state index in [1.54, 1.807) is 0 Å². The van der Waals surface area contributed by atoms with Gasteiger partial charge < -0.3 is 5.32 Å². The molecular weight excluding hydrogens is 214 g/mol. The normalized spacial score (nSPS) is 20.5. The van der Waals surface area contributed by atoms with Gasteiger partial charge >= 0.3 is 0 Å². The van der Waals surface area contributed by atoms with E-state index in [0.29, 0.717) is 0 Å². The van der Waals surface area contributed by atoms with Crippen LogP contribution in [0, 0.1) is 0 Å². The number of hydrogen-bond donors (Lipinski definition) is 1. The Kier molecular flexibility index (Phi) is 3.74. The molecule has 1 aromatic rings. The van der Waals surface area contributed by atoms with Crippen LogP contribution in [0.2, 0.25) is 5.02 Å². The molecule has 1 saturated heterocycles. The Labute approximate surface area is 94.2 Å². The highest BCUT2D eigenvalue weighted by Gasteiger charge is 2.15. The Bertz CT molecular complexity index is 282. The fourth-order valence-corrected chi connectivity index (χ4v) is 2.63. The summed E-state index contributed by atoms with van der Waals surface area (Å²) in [5.74, 6) is 2.32. The van der Waals surface area contributed by atoms with Crippen LogP contribution in [-0.2, 0) is 5.75 Å². The zero-order valence-electron chi connectivity index (χ0n) is 8.00. The van der Waals surface area contributed by atoms with Crippen molar-refractivity contribution in [2.45, 2.75) is 18.2 Å². The molecule has 1 nitrogen and oxygen atoms in total. The van der Waals surface area contributed by atoms with Crippen LogP contribution in [0.15, 0.2) is 24.3 Å². The van der Waals surface area contributed by atoms with Gasteiger partial charge in [-0.2, -0.15) is 11.8 Å². The van der Waals surface area contributed by atoms with Crippen LogP contribution < -0.4 is 5.32 Å². The van der Waals surface area contributed by atoms with Gasteiger partial charge in [0.2, 0.25) is 0 Å². The molecule has 0 bridgehead atoms. The van der Waals surface area contributed by atoms with E-state index in [1.807, 2.05) is 23.9 Å². The minimum Gasteiger partial charge on any atom is -0.313 e.